The van der Waals surface area contributed by atoms with E-state index in [1.165, 1.54) is 48.6 Å². The number of rotatable bonds is 6. The molecule has 6 rings (SSSR count). The number of H-pyrrole nitrogens is 1. The van der Waals surface area contributed by atoms with Gasteiger partial charge in [0.15, 0.2) is 0 Å². The van der Waals surface area contributed by atoms with Crippen molar-refractivity contribution in [1.82, 2.24) is 25.7 Å². The van der Waals surface area contributed by atoms with Gasteiger partial charge in [0.25, 0.3) is 5.91 Å². The summed E-state index contributed by atoms with van der Waals surface area (Å²) in [5, 5.41) is 27.3. The second kappa shape index (κ2) is 10.5. The predicted molar refractivity (Wildman–Crippen MR) is 145 cm³/mol. The van der Waals surface area contributed by atoms with Crippen molar-refractivity contribution in [3.05, 3.63) is 112 Å². The fourth-order valence-corrected chi connectivity index (χ4v) is 4.94. The van der Waals surface area contributed by atoms with E-state index in [2.05, 4.69) is 25.7 Å². The second-order valence-electron chi connectivity index (χ2n) is 9.63. The fourth-order valence-electron chi connectivity index (χ4n) is 4.94. The Hall–Kier alpha value is -5.52. The normalized spacial score (nSPS) is 14.7. The lowest BCUT2D eigenvalue weighted by atomic mass is 9.87. The summed E-state index contributed by atoms with van der Waals surface area (Å²) in [5.74, 6) is -3.77. The zero-order chi connectivity index (χ0) is 29.5. The van der Waals surface area contributed by atoms with Gasteiger partial charge < -0.3 is 14.8 Å². The van der Waals surface area contributed by atoms with Crippen LogP contribution in [0.5, 0.6) is 0 Å². The van der Waals surface area contributed by atoms with Crippen molar-refractivity contribution < 1.29 is 32.3 Å². The molecule has 0 bridgehead atoms. The van der Waals surface area contributed by atoms with Crippen molar-refractivity contribution in [3.63, 3.8) is 0 Å². The number of aromatic nitrogens is 4. The van der Waals surface area contributed by atoms with Crippen LogP contribution in [-0.2, 0) is 6.42 Å². The number of carboxylic acid groups (broad SMARTS) is 1. The maximum Gasteiger partial charge on any atom is 0.338 e. The molecule has 210 valence electrons. The molecule has 1 amide bonds. The lowest BCUT2D eigenvalue weighted by Gasteiger charge is -2.27. The van der Waals surface area contributed by atoms with E-state index in [-0.39, 0.29) is 29.3 Å². The van der Waals surface area contributed by atoms with E-state index >= 15 is 0 Å². The van der Waals surface area contributed by atoms with Crippen LogP contribution in [0.15, 0.2) is 59.0 Å². The largest absolute Gasteiger partial charge is 0.478 e. The quantitative estimate of drug-likeness (QED) is 0.236. The van der Waals surface area contributed by atoms with Crippen LogP contribution in [0.4, 0.5) is 13.2 Å². The molecule has 1 atom stereocenters. The van der Waals surface area contributed by atoms with E-state index in [0.29, 0.717) is 28.1 Å². The molecule has 0 saturated carbocycles. The summed E-state index contributed by atoms with van der Waals surface area (Å²) in [6.45, 7) is 1.78. The van der Waals surface area contributed by atoms with Gasteiger partial charge in [-0.05, 0) is 78.6 Å². The molecule has 0 saturated heterocycles. The average Bonchev–Trinajstić information content (AvgIpc) is 3.61. The molecule has 5 aromatic rings. The number of carbonyl (C=O) groups excluding carboxylic acids is 1. The van der Waals surface area contributed by atoms with Crippen molar-refractivity contribution in [2.45, 2.75) is 19.4 Å². The number of aromatic amines is 1. The number of amides is 1. The van der Waals surface area contributed by atoms with E-state index in [1.807, 2.05) is 0 Å². The van der Waals surface area contributed by atoms with Gasteiger partial charge in [-0.3, -0.25) is 9.89 Å². The summed E-state index contributed by atoms with van der Waals surface area (Å²) in [6, 6.07) is 11.3. The molecule has 0 spiro atoms. The molecular formula is C30H20F3N5O4. The van der Waals surface area contributed by atoms with Gasteiger partial charge in [0.05, 0.1) is 28.6 Å². The van der Waals surface area contributed by atoms with Crippen molar-refractivity contribution in [3.8, 4) is 22.6 Å². The van der Waals surface area contributed by atoms with Crippen LogP contribution >= 0.6 is 0 Å². The first-order chi connectivity index (χ1) is 20.2. The molecule has 9 nitrogen and oxygen atoms in total. The first kappa shape index (κ1) is 26.7. The molecule has 42 heavy (non-hydrogen) atoms. The number of carbonyl (C=O) groups is 2. The third-order valence-electron chi connectivity index (χ3n) is 7.01. The number of aromatic carboxylic acids is 1. The van der Waals surface area contributed by atoms with Crippen LogP contribution in [-0.4, -0.2) is 37.4 Å². The number of fused-ring (bicyclic) bond motifs is 1. The van der Waals surface area contributed by atoms with E-state index in [1.54, 1.807) is 13.0 Å². The minimum atomic E-state index is -1.42. The summed E-state index contributed by atoms with van der Waals surface area (Å²) >= 11 is 0. The number of aryl methyl sites for hydroxylation is 1. The van der Waals surface area contributed by atoms with E-state index in [4.69, 9.17) is 4.42 Å². The number of nitrogens with one attached hydrogen (secondary N) is 2. The highest BCUT2D eigenvalue weighted by Gasteiger charge is 2.32. The molecule has 3 N–H and O–H groups in total. The number of hydrogen-bond donors (Lipinski definition) is 3. The van der Waals surface area contributed by atoms with Crippen LogP contribution in [0.25, 0.3) is 34.7 Å². The molecule has 2 aromatic heterocycles. The van der Waals surface area contributed by atoms with E-state index in [9.17, 15) is 27.9 Å². The third kappa shape index (κ3) is 4.83. The Labute approximate surface area is 235 Å². The monoisotopic (exact) mass is 571 g/mol. The van der Waals surface area contributed by atoms with Gasteiger partial charge in [-0.25, -0.2) is 18.0 Å². The van der Waals surface area contributed by atoms with Gasteiger partial charge in [-0.15, -0.1) is 10.2 Å². The number of halogens is 3. The highest BCUT2D eigenvalue weighted by atomic mass is 19.1. The third-order valence-corrected chi connectivity index (χ3v) is 7.01. The number of hydrogen-bond acceptors (Lipinski definition) is 6. The number of benzene rings is 3. The summed E-state index contributed by atoms with van der Waals surface area (Å²) in [6.07, 6.45) is 3.23. The molecule has 1 aliphatic rings. The smallest absolute Gasteiger partial charge is 0.338 e. The average molecular weight is 572 g/mol. The van der Waals surface area contributed by atoms with Gasteiger partial charge in [0.1, 0.15) is 17.5 Å². The summed E-state index contributed by atoms with van der Waals surface area (Å²) in [4.78, 5) is 24.4. The fraction of sp³-hybridized carbons (Fsp3) is 0.100. The van der Waals surface area contributed by atoms with Gasteiger partial charge in [0, 0.05) is 17.2 Å². The minimum absolute atomic E-state index is 0.0300. The van der Waals surface area contributed by atoms with Gasteiger partial charge in [-0.2, -0.15) is 5.10 Å². The lowest BCUT2D eigenvalue weighted by molar-refractivity contribution is 0.0691. The number of nitrogens with zero attached hydrogens (tertiary/aromatic N) is 3. The van der Waals surface area contributed by atoms with Crippen LogP contribution in [0.2, 0.25) is 0 Å². The molecule has 0 fully saturated rings. The maximum absolute atomic E-state index is 14.8. The van der Waals surface area contributed by atoms with Crippen LogP contribution in [0.3, 0.4) is 0 Å². The summed E-state index contributed by atoms with van der Waals surface area (Å²) in [7, 11) is 0. The van der Waals surface area contributed by atoms with Gasteiger partial charge >= 0.3 is 5.97 Å². The predicted octanol–water partition coefficient (Wildman–Crippen LogP) is 5.75. The SMILES string of the molecule is Cc1ccc(F)c2c1CC(c1[nH]nc(/C=C/c3nnc(-c4ccc(F)cc4)o3)c1-c1ccc(C(=O)O)c(F)c1)NC2=O. The second-order valence-corrected chi connectivity index (χ2v) is 9.63. The number of carboxylic acids is 1. The Balaban J connectivity index is 1.41. The first-order valence-corrected chi connectivity index (χ1v) is 12.7. The van der Waals surface area contributed by atoms with Gasteiger partial charge in [0.2, 0.25) is 11.8 Å². The molecule has 3 heterocycles. The Kier molecular flexibility index (Phi) is 6.65. The molecule has 0 radical (unpaired) electrons. The van der Waals surface area contributed by atoms with E-state index < -0.39 is 40.9 Å². The molecule has 0 aliphatic carbocycles. The van der Waals surface area contributed by atoms with Crippen LogP contribution < -0.4 is 5.32 Å². The maximum atomic E-state index is 14.8. The Morgan fingerprint density at radius 1 is 0.976 bits per heavy atom. The Morgan fingerprint density at radius 2 is 1.74 bits per heavy atom. The van der Waals surface area contributed by atoms with Crippen molar-refractivity contribution >= 4 is 24.0 Å². The molecule has 1 unspecified atom stereocenters. The van der Waals surface area contributed by atoms with Crippen molar-refractivity contribution in [2.24, 2.45) is 0 Å². The Bertz CT molecular complexity index is 1900. The topological polar surface area (TPSA) is 134 Å². The highest BCUT2D eigenvalue weighted by molar-refractivity contribution is 5.98. The summed E-state index contributed by atoms with van der Waals surface area (Å²) in [5.41, 5.74) is 2.61. The van der Waals surface area contributed by atoms with Gasteiger partial charge in [-0.1, -0.05) is 12.1 Å². The molecule has 12 heteroatoms. The molecule has 3 aromatic carbocycles. The lowest BCUT2D eigenvalue weighted by Crippen LogP contribution is -2.37. The highest BCUT2D eigenvalue weighted by Crippen LogP contribution is 2.37. The van der Waals surface area contributed by atoms with Crippen molar-refractivity contribution in [1.29, 1.82) is 0 Å². The zero-order valence-electron chi connectivity index (χ0n) is 21.8. The van der Waals surface area contributed by atoms with E-state index in [0.717, 1.165) is 17.7 Å². The molecule has 1 aliphatic heterocycles. The molecular weight excluding hydrogens is 551 g/mol. The minimum Gasteiger partial charge on any atom is -0.478 e. The van der Waals surface area contributed by atoms with Crippen molar-refractivity contribution in [2.75, 3.05) is 0 Å². The van der Waals surface area contributed by atoms with Crippen LogP contribution in [0.1, 0.15) is 55.2 Å². The summed E-state index contributed by atoms with van der Waals surface area (Å²) < 4.78 is 48.2. The zero-order valence-corrected chi connectivity index (χ0v) is 21.8. The first-order valence-electron chi connectivity index (χ1n) is 12.7. The standard InChI is InChI=1S/C30H20F3N5O4/c1-14-2-9-20(32)26-19(14)13-23(34-28(26)39)27-25(16-5-8-18(30(40)41)21(33)12-16)22(35-37-27)10-11-24-36-38-29(42-24)15-3-6-17(31)7-4-15/h2-12,23H,13H2,1H3,(H,34,39)(H,35,37)(H,40,41)/b11-10+. The Morgan fingerprint density at radius 3 is 2.48 bits per heavy atom. The van der Waals surface area contributed by atoms with Crippen LogP contribution in [0, 0.1) is 24.4 Å².